The summed E-state index contributed by atoms with van der Waals surface area (Å²) in [5.74, 6) is -0.141. The second-order valence-corrected chi connectivity index (χ2v) is 8.87. The smallest absolute Gasteiger partial charge is 0.255 e. The lowest BCUT2D eigenvalue weighted by atomic mass is 10.2. The Labute approximate surface area is 177 Å². The molecule has 0 aliphatic carbocycles. The van der Waals surface area contributed by atoms with E-state index in [1.54, 1.807) is 30.3 Å². The molecule has 0 unspecified atom stereocenters. The first kappa shape index (κ1) is 21.0. The summed E-state index contributed by atoms with van der Waals surface area (Å²) in [6.07, 6.45) is 2.93. The van der Waals surface area contributed by atoms with Crippen molar-refractivity contribution in [2.45, 2.75) is 11.4 Å². The van der Waals surface area contributed by atoms with E-state index in [-0.39, 0.29) is 11.4 Å². The maximum absolute atomic E-state index is 13.0. The highest BCUT2D eigenvalue weighted by molar-refractivity contribution is 9.10. The normalized spacial score (nSPS) is 11.8. The molecule has 3 rings (SSSR count). The van der Waals surface area contributed by atoms with Gasteiger partial charge in [0.15, 0.2) is 0 Å². The van der Waals surface area contributed by atoms with E-state index in [1.807, 2.05) is 24.3 Å². The van der Waals surface area contributed by atoms with Gasteiger partial charge in [-0.05, 0) is 42.0 Å². The Bertz CT molecular complexity index is 1080. The largest absolute Gasteiger partial charge is 0.468 e. The fraction of sp³-hybridized carbons (Fsp3) is 0.100. The molecule has 0 aliphatic heterocycles. The van der Waals surface area contributed by atoms with Gasteiger partial charge in [0, 0.05) is 4.47 Å². The van der Waals surface area contributed by atoms with Crippen LogP contribution in [-0.4, -0.2) is 31.4 Å². The lowest BCUT2D eigenvalue weighted by Crippen LogP contribution is -2.38. The van der Waals surface area contributed by atoms with Crippen LogP contribution in [0.15, 0.2) is 91.9 Å². The van der Waals surface area contributed by atoms with E-state index in [1.165, 1.54) is 24.6 Å². The van der Waals surface area contributed by atoms with Crippen molar-refractivity contribution in [1.82, 2.24) is 9.73 Å². The molecule has 0 fully saturated rings. The van der Waals surface area contributed by atoms with Crippen molar-refractivity contribution in [1.29, 1.82) is 0 Å². The number of sulfonamides is 1. The zero-order valence-electron chi connectivity index (χ0n) is 15.2. The molecule has 7 nitrogen and oxygen atoms in total. The first-order valence-corrected chi connectivity index (χ1v) is 10.8. The van der Waals surface area contributed by atoms with E-state index in [0.717, 1.165) is 14.3 Å². The van der Waals surface area contributed by atoms with Crippen LogP contribution in [0.2, 0.25) is 0 Å². The fourth-order valence-corrected chi connectivity index (χ4v) is 4.31. The number of carbonyl (C=O) groups is 1. The van der Waals surface area contributed by atoms with E-state index < -0.39 is 22.5 Å². The minimum absolute atomic E-state index is 0.0764. The molecule has 3 aromatic rings. The number of hydrogen-bond donors (Lipinski definition) is 1. The summed E-state index contributed by atoms with van der Waals surface area (Å²) in [7, 11) is -3.90. The fourth-order valence-electron chi connectivity index (χ4n) is 2.50. The highest BCUT2D eigenvalue weighted by Crippen LogP contribution is 2.18. The number of hydrazone groups is 1. The molecule has 0 spiro atoms. The molecular formula is C20H18BrN3O4S. The Morgan fingerprint density at radius 1 is 1.10 bits per heavy atom. The number of furan rings is 1. The Morgan fingerprint density at radius 3 is 2.59 bits per heavy atom. The lowest BCUT2D eigenvalue weighted by Gasteiger charge is -2.20. The van der Waals surface area contributed by atoms with Crippen LogP contribution in [0.1, 0.15) is 11.3 Å². The summed E-state index contributed by atoms with van der Waals surface area (Å²) >= 11 is 3.36. The molecule has 2 aromatic carbocycles. The summed E-state index contributed by atoms with van der Waals surface area (Å²) in [6.45, 7) is -0.485. The number of nitrogens with one attached hydrogen (secondary N) is 1. The van der Waals surface area contributed by atoms with Crippen molar-refractivity contribution in [3.8, 4) is 0 Å². The second-order valence-electron chi connectivity index (χ2n) is 6.01. The van der Waals surface area contributed by atoms with Crippen molar-refractivity contribution < 1.29 is 17.6 Å². The Morgan fingerprint density at radius 2 is 1.90 bits per heavy atom. The van der Waals surface area contributed by atoms with Gasteiger partial charge in [-0.25, -0.2) is 13.8 Å². The molecule has 1 heterocycles. The maximum Gasteiger partial charge on any atom is 0.255 e. The first-order valence-electron chi connectivity index (χ1n) is 8.60. The molecule has 0 saturated heterocycles. The molecule has 29 heavy (non-hydrogen) atoms. The van der Waals surface area contributed by atoms with E-state index in [2.05, 4.69) is 26.5 Å². The summed E-state index contributed by atoms with van der Waals surface area (Å²) < 4.78 is 33.2. The van der Waals surface area contributed by atoms with Crippen LogP contribution >= 0.6 is 15.9 Å². The molecule has 1 N–H and O–H groups in total. The van der Waals surface area contributed by atoms with Gasteiger partial charge in [-0.15, -0.1) is 0 Å². The van der Waals surface area contributed by atoms with E-state index in [4.69, 9.17) is 4.42 Å². The van der Waals surface area contributed by atoms with Crippen LogP contribution < -0.4 is 5.43 Å². The van der Waals surface area contributed by atoms with Crippen molar-refractivity contribution in [2.75, 3.05) is 6.54 Å². The van der Waals surface area contributed by atoms with E-state index in [0.29, 0.717) is 5.76 Å². The summed E-state index contributed by atoms with van der Waals surface area (Å²) in [6, 6.07) is 18.6. The zero-order chi connectivity index (χ0) is 20.7. The molecule has 150 valence electrons. The molecule has 0 bridgehead atoms. The average Bonchev–Trinajstić information content (AvgIpc) is 3.21. The van der Waals surface area contributed by atoms with Crippen LogP contribution in [0.3, 0.4) is 0 Å². The maximum atomic E-state index is 13.0. The minimum atomic E-state index is -3.90. The number of benzene rings is 2. The summed E-state index contributed by atoms with van der Waals surface area (Å²) in [5.41, 5.74) is 3.14. The number of nitrogens with zero attached hydrogens (tertiary/aromatic N) is 2. The molecule has 0 aliphatic rings. The highest BCUT2D eigenvalue weighted by Gasteiger charge is 2.27. The zero-order valence-corrected chi connectivity index (χ0v) is 17.6. The second kappa shape index (κ2) is 9.64. The molecule has 1 aromatic heterocycles. The molecule has 0 radical (unpaired) electrons. The predicted octanol–water partition coefficient (Wildman–Crippen LogP) is 3.38. The van der Waals surface area contributed by atoms with Crippen molar-refractivity contribution >= 4 is 38.1 Å². The molecule has 1 amide bonds. The van der Waals surface area contributed by atoms with Gasteiger partial charge in [-0.2, -0.15) is 9.41 Å². The SMILES string of the molecule is O=C(CN(Cc1ccco1)S(=O)(=O)c1ccccc1)N/N=C/c1cccc(Br)c1. The van der Waals surface area contributed by atoms with E-state index in [9.17, 15) is 13.2 Å². The topological polar surface area (TPSA) is 92.0 Å². The van der Waals surface area contributed by atoms with Gasteiger partial charge in [-0.1, -0.05) is 46.3 Å². The van der Waals surface area contributed by atoms with Gasteiger partial charge in [0.05, 0.1) is 30.5 Å². The quantitative estimate of drug-likeness (QED) is 0.399. The van der Waals surface area contributed by atoms with Crippen LogP contribution in [0.5, 0.6) is 0 Å². The number of carbonyl (C=O) groups excluding carboxylic acids is 1. The van der Waals surface area contributed by atoms with Gasteiger partial charge in [0.25, 0.3) is 5.91 Å². The van der Waals surface area contributed by atoms with Crippen LogP contribution in [0, 0.1) is 0 Å². The third-order valence-corrected chi connectivity index (χ3v) is 6.16. The Kier molecular flexibility index (Phi) is 6.97. The van der Waals surface area contributed by atoms with Crippen LogP contribution in [-0.2, 0) is 21.4 Å². The summed E-state index contributed by atoms with van der Waals surface area (Å²) in [4.78, 5) is 12.4. The monoisotopic (exact) mass is 475 g/mol. The van der Waals surface area contributed by atoms with Crippen molar-refractivity contribution in [3.63, 3.8) is 0 Å². The first-order chi connectivity index (χ1) is 13.9. The van der Waals surface area contributed by atoms with Crippen molar-refractivity contribution in [2.24, 2.45) is 5.10 Å². The van der Waals surface area contributed by atoms with Crippen LogP contribution in [0.25, 0.3) is 0 Å². The number of rotatable bonds is 8. The standard InChI is InChI=1S/C20H18BrN3O4S/c21-17-7-4-6-16(12-17)13-22-23-20(25)15-24(14-18-8-5-11-28-18)29(26,27)19-9-2-1-3-10-19/h1-13H,14-15H2,(H,23,25)/b22-13+. The third-order valence-electron chi connectivity index (χ3n) is 3.86. The Balaban J connectivity index is 1.73. The summed E-state index contributed by atoms with van der Waals surface area (Å²) in [5, 5.41) is 3.90. The van der Waals surface area contributed by atoms with Crippen molar-refractivity contribution in [3.05, 3.63) is 88.8 Å². The van der Waals surface area contributed by atoms with Gasteiger partial charge in [0.1, 0.15) is 5.76 Å². The molecule has 9 heteroatoms. The molecule has 0 atom stereocenters. The Hall–Kier alpha value is -2.75. The minimum Gasteiger partial charge on any atom is -0.468 e. The lowest BCUT2D eigenvalue weighted by molar-refractivity contribution is -0.121. The number of hydrogen-bond acceptors (Lipinski definition) is 5. The molecule has 0 saturated carbocycles. The van der Waals surface area contributed by atoms with Crippen LogP contribution in [0.4, 0.5) is 0 Å². The predicted molar refractivity (Wildman–Crippen MR) is 113 cm³/mol. The number of amides is 1. The third kappa shape index (κ3) is 5.86. The number of halogens is 1. The van der Waals surface area contributed by atoms with Gasteiger partial charge in [-0.3, -0.25) is 4.79 Å². The van der Waals surface area contributed by atoms with E-state index >= 15 is 0 Å². The highest BCUT2D eigenvalue weighted by atomic mass is 79.9. The van der Waals surface area contributed by atoms with Gasteiger partial charge < -0.3 is 4.42 Å². The average molecular weight is 476 g/mol. The van der Waals surface area contributed by atoms with Gasteiger partial charge in [0.2, 0.25) is 10.0 Å². The molecular weight excluding hydrogens is 458 g/mol. The van der Waals surface area contributed by atoms with Gasteiger partial charge >= 0.3 is 0 Å².